The van der Waals surface area contributed by atoms with Crippen LogP contribution in [-0.2, 0) is 0 Å². The van der Waals surface area contributed by atoms with Crippen LogP contribution < -0.4 is 5.73 Å². The van der Waals surface area contributed by atoms with Crippen LogP contribution in [0.1, 0.15) is 17.8 Å². The van der Waals surface area contributed by atoms with Gasteiger partial charge in [-0.2, -0.15) is 11.8 Å². The first-order chi connectivity index (χ1) is 7.33. The summed E-state index contributed by atoms with van der Waals surface area (Å²) in [7, 11) is 0. The van der Waals surface area contributed by atoms with Crippen LogP contribution >= 0.6 is 23.1 Å². The Kier molecular flexibility index (Phi) is 4.08. The lowest BCUT2D eigenvalue weighted by Crippen LogP contribution is -2.44. The fourth-order valence-electron chi connectivity index (χ4n) is 2.10. The molecule has 1 aromatic heterocycles. The zero-order chi connectivity index (χ0) is 10.7. The van der Waals surface area contributed by atoms with E-state index in [0.717, 1.165) is 6.54 Å². The molecule has 0 aromatic carbocycles. The van der Waals surface area contributed by atoms with E-state index in [0.29, 0.717) is 12.1 Å². The van der Waals surface area contributed by atoms with Crippen molar-refractivity contribution >= 4 is 23.1 Å². The predicted molar refractivity (Wildman–Crippen MR) is 69.6 cm³/mol. The van der Waals surface area contributed by atoms with Crippen LogP contribution in [0, 0.1) is 0 Å². The summed E-state index contributed by atoms with van der Waals surface area (Å²) in [5.41, 5.74) is 5.92. The summed E-state index contributed by atoms with van der Waals surface area (Å²) < 4.78 is 0. The second-order valence-electron chi connectivity index (χ2n) is 3.93. The van der Waals surface area contributed by atoms with Gasteiger partial charge in [-0.15, -0.1) is 11.3 Å². The standard InChI is InChI=1S/C11H18N2S2/c1-9-8-14-6-4-13(9)10(7-12)11-3-2-5-15-11/h2-3,5,9-10H,4,6-8,12H2,1H3. The van der Waals surface area contributed by atoms with Crippen molar-refractivity contribution in [1.29, 1.82) is 0 Å². The molecule has 2 nitrogen and oxygen atoms in total. The van der Waals surface area contributed by atoms with Crippen molar-refractivity contribution in [2.75, 3.05) is 24.6 Å². The van der Waals surface area contributed by atoms with Crippen molar-refractivity contribution in [2.24, 2.45) is 5.73 Å². The first-order valence-electron chi connectivity index (χ1n) is 5.40. The monoisotopic (exact) mass is 242 g/mol. The van der Waals surface area contributed by atoms with Gasteiger partial charge in [0.25, 0.3) is 0 Å². The normalized spacial score (nSPS) is 25.3. The van der Waals surface area contributed by atoms with Crippen LogP contribution in [0.15, 0.2) is 17.5 Å². The lowest BCUT2D eigenvalue weighted by Gasteiger charge is -2.38. The maximum atomic E-state index is 5.92. The average Bonchev–Trinajstić information content (AvgIpc) is 2.75. The van der Waals surface area contributed by atoms with Crippen molar-refractivity contribution in [3.8, 4) is 0 Å². The molecular formula is C11H18N2S2. The Balaban J connectivity index is 2.11. The first kappa shape index (κ1) is 11.5. The van der Waals surface area contributed by atoms with Crippen molar-refractivity contribution in [3.63, 3.8) is 0 Å². The molecule has 0 saturated carbocycles. The van der Waals surface area contributed by atoms with E-state index in [9.17, 15) is 0 Å². The highest BCUT2D eigenvalue weighted by atomic mass is 32.2. The van der Waals surface area contributed by atoms with E-state index in [-0.39, 0.29) is 0 Å². The van der Waals surface area contributed by atoms with Crippen molar-refractivity contribution in [2.45, 2.75) is 19.0 Å². The maximum absolute atomic E-state index is 5.92. The Morgan fingerprint density at radius 3 is 3.13 bits per heavy atom. The number of nitrogens with two attached hydrogens (primary N) is 1. The average molecular weight is 242 g/mol. The molecule has 0 bridgehead atoms. The summed E-state index contributed by atoms with van der Waals surface area (Å²) in [6, 6.07) is 5.41. The minimum Gasteiger partial charge on any atom is -0.329 e. The van der Waals surface area contributed by atoms with Crippen molar-refractivity contribution in [3.05, 3.63) is 22.4 Å². The SMILES string of the molecule is CC1CSCCN1C(CN)c1cccs1. The highest BCUT2D eigenvalue weighted by Gasteiger charge is 2.26. The third kappa shape index (κ3) is 2.56. The Bertz CT molecular complexity index is 287. The molecule has 1 saturated heterocycles. The molecule has 2 unspecified atom stereocenters. The molecule has 15 heavy (non-hydrogen) atoms. The van der Waals surface area contributed by atoms with Crippen molar-refractivity contribution < 1.29 is 0 Å². The van der Waals surface area contributed by atoms with E-state index < -0.39 is 0 Å². The summed E-state index contributed by atoms with van der Waals surface area (Å²) in [5, 5.41) is 2.14. The number of thiophene rings is 1. The minimum absolute atomic E-state index is 0.431. The van der Waals surface area contributed by atoms with Gasteiger partial charge in [0, 0.05) is 35.5 Å². The van der Waals surface area contributed by atoms with E-state index in [1.54, 1.807) is 0 Å². The van der Waals surface area contributed by atoms with E-state index in [1.807, 2.05) is 11.3 Å². The smallest absolute Gasteiger partial charge is 0.0567 e. The summed E-state index contributed by atoms with van der Waals surface area (Å²) >= 11 is 3.88. The van der Waals surface area contributed by atoms with Crippen LogP contribution in [0.5, 0.6) is 0 Å². The molecule has 0 amide bonds. The molecular weight excluding hydrogens is 224 g/mol. The summed E-state index contributed by atoms with van der Waals surface area (Å²) in [6.45, 7) is 4.21. The molecule has 1 aliphatic heterocycles. The lowest BCUT2D eigenvalue weighted by molar-refractivity contribution is 0.168. The molecule has 4 heteroatoms. The summed E-state index contributed by atoms with van der Waals surface area (Å²) in [5.74, 6) is 2.48. The van der Waals surface area contributed by atoms with E-state index >= 15 is 0 Å². The number of thioether (sulfide) groups is 1. The fraction of sp³-hybridized carbons (Fsp3) is 0.636. The van der Waals surface area contributed by atoms with Crippen LogP contribution in [0.3, 0.4) is 0 Å². The van der Waals surface area contributed by atoms with Gasteiger partial charge in [0.2, 0.25) is 0 Å². The summed E-state index contributed by atoms with van der Waals surface area (Å²) in [4.78, 5) is 3.97. The molecule has 84 valence electrons. The van der Waals surface area contributed by atoms with Crippen LogP contribution in [0.4, 0.5) is 0 Å². The molecule has 1 aromatic rings. The maximum Gasteiger partial charge on any atom is 0.0567 e. The number of rotatable bonds is 3. The van der Waals surface area contributed by atoms with Gasteiger partial charge >= 0.3 is 0 Å². The highest BCUT2D eigenvalue weighted by molar-refractivity contribution is 7.99. The quantitative estimate of drug-likeness (QED) is 0.881. The second kappa shape index (κ2) is 5.34. The molecule has 2 rings (SSSR count). The number of hydrogen-bond acceptors (Lipinski definition) is 4. The zero-order valence-corrected chi connectivity index (χ0v) is 10.7. The van der Waals surface area contributed by atoms with Crippen LogP contribution in [-0.4, -0.2) is 35.5 Å². The molecule has 2 heterocycles. The second-order valence-corrected chi connectivity index (χ2v) is 6.06. The van der Waals surface area contributed by atoms with Gasteiger partial charge in [0.1, 0.15) is 0 Å². The molecule has 2 N–H and O–H groups in total. The van der Waals surface area contributed by atoms with Gasteiger partial charge in [-0.05, 0) is 18.4 Å². The minimum atomic E-state index is 0.431. The fourth-order valence-corrected chi connectivity index (χ4v) is 4.00. The molecule has 1 aliphatic rings. The first-order valence-corrected chi connectivity index (χ1v) is 7.43. The topological polar surface area (TPSA) is 29.3 Å². The number of nitrogens with zero attached hydrogens (tertiary/aromatic N) is 1. The summed E-state index contributed by atoms with van der Waals surface area (Å²) in [6.07, 6.45) is 0. The van der Waals surface area contributed by atoms with Gasteiger partial charge in [-0.3, -0.25) is 4.90 Å². The molecule has 2 atom stereocenters. The molecule has 0 radical (unpaired) electrons. The number of hydrogen-bond donors (Lipinski definition) is 1. The van der Waals surface area contributed by atoms with Crippen LogP contribution in [0.2, 0.25) is 0 Å². The van der Waals surface area contributed by atoms with E-state index in [2.05, 4.69) is 41.1 Å². The van der Waals surface area contributed by atoms with E-state index in [4.69, 9.17) is 5.73 Å². The third-order valence-corrected chi connectivity index (χ3v) is 5.08. The van der Waals surface area contributed by atoms with E-state index in [1.165, 1.54) is 22.9 Å². The lowest BCUT2D eigenvalue weighted by atomic mass is 10.1. The highest BCUT2D eigenvalue weighted by Crippen LogP contribution is 2.29. The third-order valence-electron chi connectivity index (χ3n) is 2.91. The Labute approximate surface area is 99.8 Å². The van der Waals surface area contributed by atoms with Gasteiger partial charge < -0.3 is 5.73 Å². The van der Waals surface area contributed by atoms with Gasteiger partial charge in [-0.1, -0.05) is 6.07 Å². The molecule has 1 fully saturated rings. The van der Waals surface area contributed by atoms with Crippen LogP contribution in [0.25, 0.3) is 0 Å². The van der Waals surface area contributed by atoms with Gasteiger partial charge in [-0.25, -0.2) is 0 Å². The molecule has 0 spiro atoms. The van der Waals surface area contributed by atoms with Gasteiger partial charge in [0.15, 0.2) is 0 Å². The largest absolute Gasteiger partial charge is 0.329 e. The molecule has 0 aliphatic carbocycles. The van der Waals surface area contributed by atoms with Crippen molar-refractivity contribution in [1.82, 2.24) is 4.90 Å². The predicted octanol–water partition coefficient (Wildman–Crippen LogP) is 2.19. The Morgan fingerprint density at radius 1 is 1.67 bits per heavy atom. The Morgan fingerprint density at radius 2 is 2.53 bits per heavy atom. The van der Waals surface area contributed by atoms with Gasteiger partial charge in [0.05, 0.1) is 6.04 Å². The Hall–Kier alpha value is -0.0300. The zero-order valence-electron chi connectivity index (χ0n) is 9.06.